The monoisotopic (exact) mass is 1040 g/mol. The Kier molecular flexibility index (Phi) is 16.2. The highest BCUT2D eigenvalue weighted by Gasteiger charge is 2.24. The molecule has 6 aromatic heterocycles. The average Bonchev–Trinajstić information content (AvgIpc) is 4.24. The summed E-state index contributed by atoms with van der Waals surface area (Å²) in [5.41, 5.74) is 10.0. The number of nitrogens with one attached hydrogen (secondary N) is 3. The van der Waals surface area contributed by atoms with Crippen molar-refractivity contribution >= 4 is 57.5 Å². The van der Waals surface area contributed by atoms with Gasteiger partial charge in [0.1, 0.15) is 0 Å². The molecule has 2 atom stereocenters. The van der Waals surface area contributed by atoms with Gasteiger partial charge in [0, 0.05) is 85.1 Å². The zero-order valence-corrected chi connectivity index (χ0v) is 46.1. The van der Waals surface area contributed by atoms with Crippen molar-refractivity contribution < 1.29 is 9.59 Å². The molecule has 0 bridgehead atoms. The summed E-state index contributed by atoms with van der Waals surface area (Å²) in [6, 6.07) is 17.2. The van der Waals surface area contributed by atoms with Crippen LogP contribution in [0.1, 0.15) is 131 Å². The predicted molar refractivity (Wildman–Crippen MR) is 300 cm³/mol. The summed E-state index contributed by atoms with van der Waals surface area (Å²) in [4.78, 5) is 56.5. The van der Waals surface area contributed by atoms with E-state index in [1.807, 2.05) is 46.3 Å². The molecule has 10 rings (SSSR count). The molecule has 2 aliphatic heterocycles. The number of hydrogen-bond acceptors (Lipinski definition) is 16. The van der Waals surface area contributed by atoms with Gasteiger partial charge in [0.25, 0.3) is 0 Å². The molecule has 8 aromatic rings. The van der Waals surface area contributed by atoms with E-state index < -0.39 is 0 Å². The first-order chi connectivity index (χ1) is 35.9. The summed E-state index contributed by atoms with van der Waals surface area (Å²) < 4.78 is 4.03. The number of nitrogens with zero attached hydrogens (tertiary/aromatic N) is 11. The molecule has 0 unspecified atom stereocenters. The summed E-state index contributed by atoms with van der Waals surface area (Å²) in [7, 11) is 2.14. The van der Waals surface area contributed by atoms with Gasteiger partial charge in [-0.05, 0) is 106 Å². The van der Waals surface area contributed by atoms with Crippen molar-refractivity contribution in [3.05, 3.63) is 140 Å². The fourth-order valence-electron chi connectivity index (χ4n) is 9.13. The number of aromatic nitrogens is 10. The van der Waals surface area contributed by atoms with E-state index in [0.717, 1.165) is 104 Å². The van der Waals surface area contributed by atoms with Crippen LogP contribution in [-0.4, -0.2) is 99.2 Å². The molecule has 2 saturated heterocycles. The topological polar surface area (TPSA) is 186 Å². The Morgan fingerprint density at radius 2 is 1.15 bits per heavy atom. The summed E-state index contributed by atoms with van der Waals surface area (Å²) in [5, 5.41) is 21.0. The minimum Gasteiger partial charge on any atom is -0.321 e. The number of Topliss-reactive ketones (excluding diaryl/α,β-unsaturated/α-hetero) is 2. The SMILES string of the molecule is Cc1cc(-c2ccnc(Nc3cnn([C@@H]4CCN(C)C4)c3)n2)ccc1CCC(=O)c1cnc(C(C)(C)C)s1.Cc1cc(-c2ccnc(Nc3cnn([C@@H]4CCNC4)c3)n2)ccc1CCC(=O)c1cnc(C(C)(C)C)s1. The number of aryl methyl sites for hydroxylation is 4. The maximum atomic E-state index is 12.8. The van der Waals surface area contributed by atoms with E-state index in [9.17, 15) is 9.59 Å². The van der Waals surface area contributed by atoms with Crippen molar-refractivity contribution in [3.8, 4) is 22.5 Å². The minimum absolute atomic E-state index is 0.0405. The molecule has 0 spiro atoms. The third-order valence-electron chi connectivity index (χ3n) is 13.5. The van der Waals surface area contributed by atoms with E-state index in [1.165, 1.54) is 33.8 Å². The van der Waals surface area contributed by atoms with Crippen molar-refractivity contribution in [2.45, 2.75) is 117 Å². The number of ketones is 2. The Labute approximate surface area is 447 Å². The highest BCUT2D eigenvalue weighted by Crippen LogP contribution is 2.31. The fourth-order valence-corrected chi connectivity index (χ4v) is 11.0. The molecule has 0 amide bonds. The average molecular weight is 1050 g/mol. The van der Waals surface area contributed by atoms with E-state index in [0.29, 0.717) is 49.7 Å². The molecular weight excluding hydrogens is 977 g/mol. The van der Waals surface area contributed by atoms with Crippen LogP contribution in [0, 0.1) is 13.8 Å². The fraction of sp³-hybridized carbons (Fsp3) is 0.404. The zero-order chi connectivity index (χ0) is 52.9. The number of hydrogen-bond donors (Lipinski definition) is 3. The van der Waals surface area contributed by atoms with Crippen molar-refractivity contribution in [2.75, 3.05) is 43.9 Å². The zero-order valence-electron chi connectivity index (χ0n) is 44.5. The first-order valence-corrected chi connectivity index (χ1v) is 27.4. The van der Waals surface area contributed by atoms with Crippen LogP contribution in [0.25, 0.3) is 22.5 Å². The van der Waals surface area contributed by atoms with Gasteiger partial charge >= 0.3 is 0 Å². The largest absolute Gasteiger partial charge is 0.321 e. The first kappa shape index (κ1) is 53.0. The van der Waals surface area contributed by atoms with Gasteiger partial charge in [-0.1, -0.05) is 65.8 Å². The van der Waals surface area contributed by atoms with Gasteiger partial charge < -0.3 is 20.9 Å². The van der Waals surface area contributed by atoms with Gasteiger partial charge in [0.2, 0.25) is 11.9 Å². The lowest BCUT2D eigenvalue weighted by molar-refractivity contribution is 0.0978. The van der Waals surface area contributed by atoms with Crippen LogP contribution in [0.3, 0.4) is 0 Å². The predicted octanol–water partition coefficient (Wildman–Crippen LogP) is 11.3. The first-order valence-electron chi connectivity index (χ1n) is 25.8. The summed E-state index contributed by atoms with van der Waals surface area (Å²) in [6.45, 7) is 20.9. The van der Waals surface area contributed by atoms with Crippen LogP contribution in [0.2, 0.25) is 0 Å². The number of thiazole rings is 2. The molecule has 0 radical (unpaired) electrons. The maximum Gasteiger partial charge on any atom is 0.227 e. The number of benzene rings is 2. The number of likely N-dealkylation sites (N-methyl/N-ethyl adjacent to an activating group) is 1. The number of carbonyl (C=O) groups excluding carboxylic acids is 2. The summed E-state index contributed by atoms with van der Waals surface area (Å²) >= 11 is 3.02. The minimum atomic E-state index is -0.0409. The Bertz CT molecular complexity index is 3260. The van der Waals surface area contributed by atoms with Gasteiger partial charge in [0.05, 0.1) is 67.0 Å². The molecule has 2 aromatic carbocycles. The van der Waals surface area contributed by atoms with Crippen molar-refractivity contribution in [3.63, 3.8) is 0 Å². The van der Waals surface area contributed by atoms with E-state index in [2.05, 4.69) is 150 Å². The van der Waals surface area contributed by atoms with Gasteiger partial charge in [-0.25, -0.2) is 29.9 Å². The lowest BCUT2D eigenvalue weighted by Crippen LogP contribution is -2.16. The summed E-state index contributed by atoms with van der Waals surface area (Å²) in [5.74, 6) is 1.37. The Balaban J connectivity index is 0.000000184. The molecule has 8 heterocycles. The van der Waals surface area contributed by atoms with Crippen LogP contribution in [0.5, 0.6) is 0 Å². The van der Waals surface area contributed by atoms with Gasteiger partial charge in [-0.15, -0.1) is 22.7 Å². The normalized spacial score (nSPS) is 16.0. The highest BCUT2D eigenvalue weighted by atomic mass is 32.1. The second-order valence-electron chi connectivity index (χ2n) is 21.7. The van der Waals surface area contributed by atoms with Crippen LogP contribution in [-0.2, 0) is 23.7 Å². The number of carbonyl (C=O) groups is 2. The lowest BCUT2D eigenvalue weighted by atomic mass is 9.98. The van der Waals surface area contributed by atoms with Crippen molar-refractivity contribution in [1.29, 1.82) is 0 Å². The highest BCUT2D eigenvalue weighted by molar-refractivity contribution is 7.14. The summed E-state index contributed by atoms with van der Waals surface area (Å²) in [6.07, 6.45) is 19.2. The second kappa shape index (κ2) is 22.9. The van der Waals surface area contributed by atoms with E-state index in [1.54, 1.807) is 24.8 Å². The molecule has 0 saturated carbocycles. The van der Waals surface area contributed by atoms with Gasteiger partial charge in [0.15, 0.2) is 11.6 Å². The van der Waals surface area contributed by atoms with Crippen LogP contribution >= 0.6 is 22.7 Å². The molecule has 390 valence electrons. The smallest absolute Gasteiger partial charge is 0.227 e. The second-order valence-corrected chi connectivity index (χ2v) is 23.8. The third-order valence-corrected chi connectivity index (χ3v) is 16.5. The third kappa shape index (κ3) is 13.5. The molecule has 0 aliphatic carbocycles. The Morgan fingerprint density at radius 1 is 0.653 bits per heavy atom. The van der Waals surface area contributed by atoms with Gasteiger partial charge in [-0.2, -0.15) is 10.2 Å². The van der Waals surface area contributed by atoms with Crippen molar-refractivity contribution in [2.24, 2.45) is 0 Å². The quantitative estimate of drug-likeness (QED) is 0.0776. The van der Waals surface area contributed by atoms with Crippen LogP contribution in [0.15, 0.2) is 98.1 Å². The lowest BCUT2D eigenvalue weighted by Gasteiger charge is -2.13. The van der Waals surface area contributed by atoms with Crippen LogP contribution < -0.4 is 16.0 Å². The number of anilines is 4. The molecule has 2 aliphatic rings. The molecular formula is C57H68N14O2S2. The van der Waals surface area contributed by atoms with E-state index >= 15 is 0 Å². The number of rotatable bonds is 16. The Morgan fingerprint density at radius 3 is 1.56 bits per heavy atom. The van der Waals surface area contributed by atoms with Crippen molar-refractivity contribution in [1.82, 2.24) is 59.7 Å². The standard InChI is InChI=1S/C29H35N7OS.C28H33N7OS/c1-19-14-21(7-6-20(19)8-9-25(37)26-16-31-27(38-26)29(2,3)4)24-10-12-30-28(34-24)33-22-15-32-36(17-22)23-11-13-35(5)18-23;1-18-13-20(6-5-19(18)7-8-24(36)25-16-31-26(37-25)28(2,3)4)23-10-12-30-27(34-23)33-21-14-32-35(17-21)22-9-11-29-15-22/h6-7,10,12,14-17,23H,8-9,11,13,18H2,1-5H3,(H,30,33,34);5-6,10,12-14,16-17,22,29H,7-9,11,15H2,1-4H3,(H,30,33,34)/t23-;22-/m11/s1. The van der Waals surface area contributed by atoms with Crippen LogP contribution in [0.4, 0.5) is 23.3 Å². The molecule has 16 nitrogen and oxygen atoms in total. The number of likely N-dealkylation sites (tertiary alicyclic amines) is 1. The molecule has 18 heteroatoms. The molecule has 75 heavy (non-hydrogen) atoms. The van der Waals surface area contributed by atoms with E-state index in [-0.39, 0.29) is 22.4 Å². The maximum absolute atomic E-state index is 12.8. The van der Waals surface area contributed by atoms with E-state index in [4.69, 9.17) is 9.97 Å². The van der Waals surface area contributed by atoms with Gasteiger partial charge in [-0.3, -0.25) is 19.0 Å². The Hall–Kier alpha value is -6.86. The molecule has 2 fully saturated rings. The molecule has 3 N–H and O–H groups in total.